The summed E-state index contributed by atoms with van der Waals surface area (Å²) < 4.78 is 2.88. The number of nitrogens with zero attached hydrogens (tertiary/aromatic N) is 4. The summed E-state index contributed by atoms with van der Waals surface area (Å²) >= 11 is 1.57. The molecular weight excluding hydrogens is 358 g/mol. The van der Waals surface area contributed by atoms with Crippen molar-refractivity contribution in [3.05, 3.63) is 65.1 Å². The Hall–Kier alpha value is -3.06. The molecule has 1 aliphatic rings. The summed E-state index contributed by atoms with van der Waals surface area (Å²) in [6.45, 7) is 4.05. The van der Waals surface area contributed by atoms with Gasteiger partial charge in [0.15, 0.2) is 0 Å². The molecule has 1 atom stereocenters. The number of aryl methyl sites for hydroxylation is 2. The van der Waals surface area contributed by atoms with E-state index in [1.165, 1.54) is 5.56 Å². The van der Waals surface area contributed by atoms with Crippen LogP contribution in [0.1, 0.15) is 34.7 Å². The van der Waals surface area contributed by atoms with Crippen molar-refractivity contribution in [3.63, 3.8) is 0 Å². The Morgan fingerprint density at radius 1 is 1.26 bits per heavy atom. The number of carbonyl (C=O) groups excluding carboxylic acids is 1. The first kappa shape index (κ1) is 16.1. The van der Waals surface area contributed by atoms with E-state index in [4.69, 9.17) is 10.1 Å². The molecule has 0 aliphatic carbocycles. The summed E-state index contributed by atoms with van der Waals surface area (Å²) in [6, 6.07) is 10.1. The van der Waals surface area contributed by atoms with E-state index in [-0.39, 0.29) is 11.8 Å². The molecule has 4 heterocycles. The van der Waals surface area contributed by atoms with E-state index in [0.29, 0.717) is 12.2 Å². The molecule has 1 N–H and O–H groups in total. The van der Waals surface area contributed by atoms with Crippen LogP contribution in [0.25, 0.3) is 15.3 Å². The molecule has 1 aliphatic heterocycles. The quantitative estimate of drug-likeness (QED) is 0.575. The molecule has 1 aromatic carbocycles. The van der Waals surface area contributed by atoms with Gasteiger partial charge >= 0.3 is 0 Å². The maximum atomic E-state index is 12.4. The molecule has 1 amide bonds. The van der Waals surface area contributed by atoms with Crippen LogP contribution >= 0.6 is 11.3 Å². The van der Waals surface area contributed by atoms with Crippen LogP contribution in [0.5, 0.6) is 0 Å². The first-order valence-electron chi connectivity index (χ1n) is 8.77. The minimum Gasteiger partial charge on any atom is -0.310 e. The molecule has 0 saturated heterocycles. The van der Waals surface area contributed by atoms with E-state index in [2.05, 4.69) is 29.4 Å². The van der Waals surface area contributed by atoms with Crippen molar-refractivity contribution in [1.29, 1.82) is 0 Å². The largest absolute Gasteiger partial charge is 0.310 e. The van der Waals surface area contributed by atoms with Gasteiger partial charge in [0.25, 0.3) is 0 Å². The van der Waals surface area contributed by atoms with Gasteiger partial charge in [-0.3, -0.25) is 9.78 Å². The summed E-state index contributed by atoms with van der Waals surface area (Å²) in [4.78, 5) is 21.4. The zero-order chi connectivity index (χ0) is 18.5. The summed E-state index contributed by atoms with van der Waals surface area (Å²) in [5.74, 6) is 0.649. The van der Waals surface area contributed by atoms with Crippen LogP contribution < -0.4 is 5.32 Å². The highest BCUT2D eigenvalue weighted by atomic mass is 32.1. The lowest BCUT2D eigenvalue weighted by molar-refractivity contribution is -0.116. The molecule has 0 fully saturated rings. The van der Waals surface area contributed by atoms with E-state index in [1.807, 2.05) is 31.3 Å². The van der Waals surface area contributed by atoms with Crippen LogP contribution in [0.3, 0.4) is 0 Å². The summed E-state index contributed by atoms with van der Waals surface area (Å²) in [5, 5.41) is 8.49. The number of hydrogen-bond donors (Lipinski definition) is 1. The third kappa shape index (κ3) is 2.62. The average Bonchev–Trinajstić information content (AvgIpc) is 3.22. The lowest BCUT2D eigenvalue weighted by Gasteiger charge is -2.23. The summed E-state index contributed by atoms with van der Waals surface area (Å²) in [5.41, 5.74) is 5.10. The number of fused-ring (bicyclic) bond motifs is 2. The van der Waals surface area contributed by atoms with Crippen LogP contribution in [-0.2, 0) is 4.79 Å². The number of amides is 1. The van der Waals surface area contributed by atoms with Gasteiger partial charge in [0.2, 0.25) is 11.0 Å². The second-order valence-corrected chi connectivity index (χ2v) is 7.83. The zero-order valence-corrected chi connectivity index (χ0v) is 15.7. The molecule has 1 unspecified atom stereocenters. The number of thiazole rings is 1. The molecule has 0 radical (unpaired) electrons. The lowest BCUT2D eigenvalue weighted by Crippen LogP contribution is -2.25. The average molecular weight is 375 g/mol. The Kier molecular flexibility index (Phi) is 3.58. The number of nitrogens with one attached hydrogen (secondary N) is 1. The second-order valence-electron chi connectivity index (χ2n) is 6.82. The van der Waals surface area contributed by atoms with E-state index in [1.54, 1.807) is 22.2 Å². The van der Waals surface area contributed by atoms with Crippen LogP contribution in [0, 0.1) is 13.8 Å². The number of pyridine rings is 1. The molecule has 5 rings (SSSR count). The maximum absolute atomic E-state index is 12.4. The van der Waals surface area contributed by atoms with Crippen molar-refractivity contribution in [3.8, 4) is 5.13 Å². The predicted octanol–water partition coefficient (Wildman–Crippen LogP) is 3.97. The monoisotopic (exact) mass is 375 g/mol. The second kappa shape index (κ2) is 5.99. The fourth-order valence-electron chi connectivity index (χ4n) is 3.66. The number of benzene rings is 1. The fraction of sp³-hybridized carbons (Fsp3) is 0.200. The molecule has 0 spiro atoms. The van der Waals surface area contributed by atoms with Crippen molar-refractivity contribution in [2.24, 2.45) is 0 Å². The van der Waals surface area contributed by atoms with E-state index < -0.39 is 0 Å². The van der Waals surface area contributed by atoms with Gasteiger partial charge in [0.1, 0.15) is 5.82 Å². The van der Waals surface area contributed by atoms with Crippen LogP contribution in [-0.4, -0.2) is 25.7 Å². The van der Waals surface area contributed by atoms with Crippen LogP contribution in [0.2, 0.25) is 0 Å². The normalized spacial score (nSPS) is 16.4. The highest BCUT2D eigenvalue weighted by Crippen LogP contribution is 2.40. The van der Waals surface area contributed by atoms with Crippen molar-refractivity contribution in [1.82, 2.24) is 19.7 Å². The van der Waals surface area contributed by atoms with Crippen molar-refractivity contribution in [2.45, 2.75) is 26.2 Å². The first-order chi connectivity index (χ1) is 13.1. The minimum atomic E-state index is -0.0483. The van der Waals surface area contributed by atoms with Gasteiger partial charge in [-0.05, 0) is 43.2 Å². The van der Waals surface area contributed by atoms with Crippen molar-refractivity contribution < 1.29 is 4.79 Å². The maximum Gasteiger partial charge on any atom is 0.226 e. The summed E-state index contributed by atoms with van der Waals surface area (Å²) in [7, 11) is 0. The van der Waals surface area contributed by atoms with E-state index in [0.717, 1.165) is 32.2 Å². The Morgan fingerprint density at radius 2 is 2.15 bits per heavy atom. The molecule has 7 heteroatoms. The Labute approximate surface area is 159 Å². The van der Waals surface area contributed by atoms with Gasteiger partial charge in [0, 0.05) is 30.3 Å². The number of aromatic nitrogens is 4. The van der Waals surface area contributed by atoms with Gasteiger partial charge in [-0.15, -0.1) is 0 Å². The number of anilines is 1. The zero-order valence-electron chi connectivity index (χ0n) is 14.9. The Balaban J connectivity index is 1.68. The van der Waals surface area contributed by atoms with Crippen molar-refractivity contribution in [2.75, 3.05) is 5.32 Å². The van der Waals surface area contributed by atoms with Crippen LogP contribution in [0.4, 0.5) is 5.82 Å². The van der Waals surface area contributed by atoms with Crippen LogP contribution in [0.15, 0.2) is 42.7 Å². The van der Waals surface area contributed by atoms with E-state index >= 15 is 0 Å². The Morgan fingerprint density at radius 3 is 2.96 bits per heavy atom. The highest BCUT2D eigenvalue weighted by Gasteiger charge is 2.33. The first-order valence-corrected chi connectivity index (χ1v) is 9.58. The molecule has 0 bridgehead atoms. The molecular formula is C20H17N5OS. The SMILES string of the molecule is Cc1ccc2nc(-n3nc(C)c4c3NC(=O)CC4c3cccnc3)sc2c1. The number of carbonyl (C=O) groups is 1. The standard InChI is InChI=1S/C20H17N5OS/c1-11-5-6-15-16(8-11)27-20(22-15)25-19-18(12(2)24-25)14(9-17(26)23-19)13-4-3-7-21-10-13/h3-8,10,14H,9H2,1-2H3,(H,23,26). The van der Waals surface area contributed by atoms with Gasteiger partial charge in [-0.2, -0.15) is 9.78 Å². The topological polar surface area (TPSA) is 72.7 Å². The molecule has 4 aromatic rings. The predicted molar refractivity (Wildman–Crippen MR) is 106 cm³/mol. The lowest BCUT2D eigenvalue weighted by atomic mass is 9.87. The highest BCUT2D eigenvalue weighted by molar-refractivity contribution is 7.20. The third-order valence-electron chi connectivity index (χ3n) is 4.90. The minimum absolute atomic E-state index is 0.0190. The van der Waals surface area contributed by atoms with Gasteiger partial charge in [-0.25, -0.2) is 4.98 Å². The smallest absolute Gasteiger partial charge is 0.226 e. The molecule has 6 nitrogen and oxygen atoms in total. The summed E-state index contributed by atoms with van der Waals surface area (Å²) in [6.07, 6.45) is 3.96. The van der Waals surface area contributed by atoms with Gasteiger partial charge < -0.3 is 5.32 Å². The van der Waals surface area contributed by atoms with Gasteiger partial charge in [-0.1, -0.05) is 23.5 Å². The number of hydrogen-bond acceptors (Lipinski definition) is 5. The molecule has 0 saturated carbocycles. The third-order valence-corrected chi connectivity index (χ3v) is 5.90. The van der Waals surface area contributed by atoms with E-state index in [9.17, 15) is 4.79 Å². The molecule has 3 aromatic heterocycles. The number of rotatable bonds is 2. The Bertz CT molecular complexity index is 1180. The fourth-order valence-corrected chi connectivity index (χ4v) is 4.68. The molecule has 134 valence electrons. The van der Waals surface area contributed by atoms with Crippen molar-refractivity contribution >= 4 is 33.3 Å². The van der Waals surface area contributed by atoms with Gasteiger partial charge in [0.05, 0.1) is 15.9 Å². The molecule has 27 heavy (non-hydrogen) atoms.